The Kier molecular flexibility index (Phi) is 6.58. The third-order valence-electron chi connectivity index (χ3n) is 6.35. The van der Waals surface area contributed by atoms with Crippen LogP contribution in [0.1, 0.15) is 30.5 Å². The van der Waals surface area contributed by atoms with E-state index in [2.05, 4.69) is 37.7 Å². The molecular formula is C20H28N6O5S. The van der Waals surface area contributed by atoms with E-state index < -0.39 is 16.4 Å². The summed E-state index contributed by atoms with van der Waals surface area (Å²) in [4.78, 5) is 12.9. The Morgan fingerprint density at radius 2 is 1.94 bits per heavy atom. The molecule has 2 aromatic rings. The fraction of sp³-hybridized carbons (Fsp3) is 0.550. The Morgan fingerprint density at radius 1 is 1.22 bits per heavy atom. The molecule has 2 aliphatic carbocycles. The lowest BCUT2D eigenvalue weighted by atomic mass is 9.98. The third-order valence-corrected chi connectivity index (χ3v) is 6.82. The molecule has 0 radical (unpaired) electrons. The van der Waals surface area contributed by atoms with Crippen LogP contribution in [0.5, 0.6) is 0 Å². The number of hydrogen-bond acceptors (Lipinski definition) is 10. The number of rotatable bonds is 8. The summed E-state index contributed by atoms with van der Waals surface area (Å²) < 4.78 is 32.5. The highest BCUT2D eigenvalue weighted by Gasteiger charge is 2.40. The van der Waals surface area contributed by atoms with Crippen molar-refractivity contribution in [3.05, 3.63) is 41.7 Å². The fourth-order valence-electron chi connectivity index (χ4n) is 4.56. The van der Waals surface area contributed by atoms with Crippen LogP contribution in [-0.2, 0) is 25.6 Å². The monoisotopic (exact) mass is 464 g/mol. The van der Waals surface area contributed by atoms with Gasteiger partial charge in [-0.05, 0) is 29.4 Å². The SMILES string of the molecule is CO[C@H]1Cc2ccccc2[C@H]1Nc1ncnc(N[C@@H]2C[C@H](COS(N)(=O)=O)[C@@H](C)[C@H]2O)n1. The van der Waals surface area contributed by atoms with Crippen LogP contribution in [0.25, 0.3) is 0 Å². The summed E-state index contributed by atoms with van der Waals surface area (Å²) in [5, 5.41) is 22.0. The smallest absolute Gasteiger partial charge is 0.333 e. The molecule has 11 nitrogen and oxygen atoms in total. The summed E-state index contributed by atoms with van der Waals surface area (Å²) >= 11 is 0. The van der Waals surface area contributed by atoms with Crippen molar-refractivity contribution in [3.63, 3.8) is 0 Å². The minimum atomic E-state index is -4.03. The van der Waals surface area contributed by atoms with Gasteiger partial charge in [0.1, 0.15) is 6.33 Å². The van der Waals surface area contributed by atoms with Crippen LogP contribution < -0.4 is 15.8 Å². The number of aliphatic hydroxyl groups excluding tert-OH is 1. The molecule has 2 aliphatic rings. The van der Waals surface area contributed by atoms with Crippen LogP contribution in [0.2, 0.25) is 0 Å². The number of benzene rings is 1. The number of nitrogens with two attached hydrogens (primary N) is 1. The first-order valence-corrected chi connectivity index (χ1v) is 11.9. The minimum Gasteiger partial charge on any atom is -0.391 e. The summed E-state index contributed by atoms with van der Waals surface area (Å²) in [5.41, 5.74) is 2.37. The first-order valence-electron chi connectivity index (χ1n) is 10.4. The number of hydrogen-bond donors (Lipinski definition) is 4. The van der Waals surface area contributed by atoms with Gasteiger partial charge in [-0.15, -0.1) is 0 Å². The van der Waals surface area contributed by atoms with E-state index in [9.17, 15) is 13.5 Å². The molecule has 174 valence electrons. The number of aromatic nitrogens is 3. The van der Waals surface area contributed by atoms with Gasteiger partial charge in [0.05, 0.1) is 30.9 Å². The average molecular weight is 465 g/mol. The van der Waals surface area contributed by atoms with Crippen LogP contribution in [0.3, 0.4) is 0 Å². The number of anilines is 2. The van der Waals surface area contributed by atoms with E-state index in [1.165, 1.54) is 11.9 Å². The molecule has 32 heavy (non-hydrogen) atoms. The molecule has 12 heteroatoms. The van der Waals surface area contributed by atoms with Gasteiger partial charge in [0.15, 0.2) is 0 Å². The molecule has 6 atom stereocenters. The molecule has 0 saturated heterocycles. The predicted octanol–water partition coefficient (Wildman–Crippen LogP) is 0.613. The molecule has 1 aromatic heterocycles. The molecule has 0 spiro atoms. The van der Waals surface area contributed by atoms with Crippen molar-refractivity contribution in [3.8, 4) is 0 Å². The zero-order valence-electron chi connectivity index (χ0n) is 17.9. The molecule has 1 heterocycles. The molecule has 0 unspecified atom stereocenters. The first-order chi connectivity index (χ1) is 15.2. The Bertz CT molecular complexity index is 1050. The van der Waals surface area contributed by atoms with Crippen molar-refractivity contribution in [2.75, 3.05) is 24.4 Å². The van der Waals surface area contributed by atoms with E-state index in [1.807, 2.05) is 19.1 Å². The van der Waals surface area contributed by atoms with Crippen LogP contribution in [0.4, 0.5) is 11.9 Å². The summed E-state index contributed by atoms with van der Waals surface area (Å²) in [6.45, 7) is 1.76. The van der Waals surface area contributed by atoms with Crippen molar-refractivity contribution in [1.29, 1.82) is 0 Å². The van der Waals surface area contributed by atoms with Gasteiger partial charge in [0.2, 0.25) is 11.9 Å². The van der Waals surface area contributed by atoms with Crippen molar-refractivity contribution in [2.45, 2.75) is 44.1 Å². The van der Waals surface area contributed by atoms with Gasteiger partial charge in [-0.2, -0.15) is 13.4 Å². The third kappa shape index (κ3) is 4.99. The van der Waals surface area contributed by atoms with Crippen molar-refractivity contribution in [2.24, 2.45) is 17.0 Å². The summed E-state index contributed by atoms with van der Waals surface area (Å²) in [6, 6.07) is 7.68. The molecule has 0 aliphatic heterocycles. The zero-order valence-corrected chi connectivity index (χ0v) is 18.7. The van der Waals surface area contributed by atoms with Gasteiger partial charge in [0.25, 0.3) is 0 Å². The number of fused-ring (bicyclic) bond motifs is 1. The topological polar surface area (TPSA) is 162 Å². The zero-order chi connectivity index (χ0) is 22.9. The lowest BCUT2D eigenvalue weighted by molar-refractivity contribution is 0.0958. The highest BCUT2D eigenvalue weighted by molar-refractivity contribution is 7.84. The van der Waals surface area contributed by atoms with E-state index in [0.29, 0.717) is 18.3 Å². The molecule has 1 aromatic carbocycles. The Balaban J connectivity index is 1.43. The Labute approximate surface area is 187 Å². The second-order valence-corrected chi connectivity index (χ2v) is 9.53. The first kappa shape index (κ1) is 22.8. The van der Waals surface area contributed by atoms with Gasteiger partial charge in [-0.1, -0.05) is 31.2 Å². The van der Waals surface area contributed by atoms with Crippen LogP contribution in [-0.4, -0.2) is 60.4 Å². The van der Waals surface area contributed by atoms with Gasteiger partial charge in [-0.25, -0.2) is 15.1 Å². The molecule has 0 bridgehead atoms. The maximum absolute atomic E-state index is 11.1. The maximum Gasteiger partial charge on any atom is 0.333 e. The number of nitrogens with one attached hydrogen (secondary N) is 2. The van der Waals surface area contributed by atoms with Crippen molar-refractivity contribution in [1.82, 2.24) is 15.0 Å². The Hall–Kier alpha value is -2.38. The standard InChI is InChI=1S/C20H28N6O5S/c1-11-13(9-31-32(21,28)29)7-15(18(11)27)24-19-22-10-23-20(26-19)25-17-14-6-4-3-5-12(14)8-16(17)30-2/h3-6,10-11,13,15-18,27H,7-9H2,1-2H3,(H2,21,28,29)(H2,22,23,24,25,26)/t11-,13-,15-,16+,17-,18-/m1/s1. The van der Waals surface area contributed by atoms with Gasteiger partial charge >= 0.3 is 10.3 Å². The molecular weight excluding hydrogens is 436 g/mol. The number of aliphatic hydroxyl groups is 1. The van der Waals surface area contributed by atoms with Crippen LogP contribution in [0.15, 0.2) is 30.6 Å². The van der Waals surface area contributed by atoms with E-state index >= 15 is 0 Å². The number of nitrogens with zero attached hydrogens (tertiary/aromatic N) is 3. The second kappa shape index (κ2) is 9.24. The maximum atomic E-state index is 11.1. The normalized spacial score (nSPS) is 29.6. The molecule has 0 amide bonds. The van der Waals surface area contributed by atoms with E-state index in [4.69, 9.17) is 14.1 Å². The summed E-state index contributed by atoms with van der Waals surface area (Å²) in [7, 11) is -2.34. The van der Waals surface area contributed by atoms with Crippen LogP contribution >= 0.6 is 0 Å². The van der Waals surface area contributed by atoms with Gasteiger partial charge in [0, 0.05) is 13.5 Å². The quantitative estimate of drug-likeness (QED) is 0.435. The fourth-order valence-corrected chi connectivity index (χ4v) is 4.93. The molecule has 1 saturated carbocycles. The van der Waals surface area contributed by atoms with Crippen molar-refractivity contribution < 1.29 is 22.4 Å². The molecule has 5 N–H and O–H groups in total. The second-order valence-electron chi connectivity index (χ2n) is 8.31. The van der Waals surface area contributed by atoms with Gasteiger partial charge in [-0.3, -0.25) is 4.18 Å². The number of ether oxygens (including phenoxy) is 1. The van der Waals surface area contributed by atoms with E-state index in [1.54, 1.807) is 7.11 Å². The van der Waals surface area contributed by atoms with Gasteiger partial charge < -0.3 is 20.5 Å². The summed E-state index contributed by atoms with van der Waals surface area (Å²) in [5.74, 6) is 0.330. The highest BCUT2D eigenvalue weighted by Crippen LogP contribution is 2.36. The van der Waals surface area contributed by atoms with Crippen LogP contribution in [0, 0.1) is 11.8 Å². The number of methoxy groups -OCH3 is 1. The largest absolute Gasteiger partial charge is 0.391 e. The molecule has 1 fully saturated rings. The minimum absolute atomic E-state index is 0.0438. The average Bonchev–Trinajstić information content (AvgIpc) is 3.24. The lowest BCUT2D eigenvalue weighted by Gasteiger charge is -2.21. The van der Waals surface area contributed by atoms with E-state index in [0.717, 1.165) is 12.0 Å². The highest BCUT2D eigenvalue weighted by atomic mass is 32.2. The van der Waals surface area contributed by atoms with Crippen molar-refractivity contribution >= 4 is 22.2 Å². The molecule has 4 rings (SSSR count). The predicted molar refractivity (Wildman–Crippen MR) is 117 cm³/mol. The Morgan fingerprint density at radius 3 is 2.66 bits per heavy atom. The van der Waals surface area contributed by atoms with E-state index in [-0.39, 0.29) is 36.6 Å². The summed E-state index contributed by atoms with van der Waals surface area (Å²) in [6.07, 6.45) is 1.91. The lowest BCUT2D eigenvalue weighted by Crippen LogP contribution is -2.32.